The van der Waals surface area contributed by atoms with Crippen LogP contribution in [0.15, 0.2) is 18.5 Å². The van der Waals surface area contributed by atoms with E-state index in [9.17, 15) is 18.0 Å². The number of aryl methyl sites for hydroxylation is 1. The molecule has 118 valence electrons. The molecule has 0 aliphatic carbocycles. The number of carbonyl (C=O) groups is 1. The lowest BCUT2D eigenvalue weighted by Crippen LogP contribution is -2.23. The van der Waals surface area contributed by atoms with E-state index in [2.05, 4.69) is 15.1 Å². The Morgan fingerprint density at radius 1 is 1.32 bits per heavy atom. The van der Waals surface area contributed by atoms with Gasteiger partial charge in [-0.1, -0.05) is 0 Å². The van der Waals surface area contributed by atoms with Gasteiger partial charge in [0, 0.05) is 27.2 Å². The van der Waals surface area contributed by atoms with Gasteiger partial charge in [0.25, 0.3) is 5.91 Å². The summed E-state index contributed by atoms with van der Waals surface area (Å²) in [4.78, 5) is 20.7. The molecule has 0 aliphatic rings. The zero-order valence-electron chi connectivity index (χ0n) is 11.9. The normalized spacial score (nSPS) is 11.4. The van der Waals surface area contributed by atoms with Gasteiger partial charge in [-0.2, -0.15) is 18.3 Å². The molecule has 10 heteroatoms. The molecule has 2 aromatic rings. The van der Waals surface area contributed by atoms with E-state index in [1.165, 1.54) is 38.4 Å². The Bertz CT molecular complexity index is 696. The summed E-state index contributed by atoms with van der Waals surface area (Å²) < 4.78 is 43.8. The Hall–Kier alpha value is -2.65. The summed E-state index contributed by atoms with van der Waals surface area (Å²) in [6.07, 6.45) is -2.15. The predicted octanol–water partition coefficient (Wildman–Crippen LogP) is 1.72. The van der Waals surface area contributed by atoms with Crippen molar-refractivity contribution in [1.82, 2.24) is 24.6 Å². The monoisotopic (exact) mass is 315 g/mol. The van der Waals surface area contributed by atoms with Crippen LogP contribution >= 0.6 is 0 Å². The molecule has 0 saturated carbocycles. The third-order valence-electron chi connectivity index (χ3n) is 2.57. The maximum absolute atomic E-state index is 12.6. The standard InChI is InChI=1S/C12H12F3N5O2/c1-19(2)11(21)7-5-16-6-9(17-7)22-10-4-8(12(13,14)15)18-20(10)3/h4-6H,1-3H3. The van der Waals surface area contributed by atoms with Crippen LogP contribution in [0.5, 0.6) is 11.8 Å². The van der Waals surface area contributed by atoms with Gasteiger partial charge in [0.1, 0.15) is 0 Å². The molecule has 0 radical (unpaired) electrons. The van der Waals surface area contributed by atoms with Crippen molar-refractivity contribution in [1.29, 1.82) is 0 Å². The van der Waals surface area contributed by atoms with Crippen molar-refractivity contribution in [3.63, 3.8) is 0 Å². The van der Waals surface area contributed by atoms with Gasteiger partial charge in [0.2, 0.25) is 11.8 Å². The van der Waals surface area contributed by atoms with Crippen LogP contribution in [-0.2, 0) is 13.2 Å². The van der Waals surface area contributed by atoms with Crippen molar-refractivity contribution in [2.75, 3.05) is 14.1 Å². The van der Waals surface area contributed by atoms with E-state index in [1.54, 1.807) is 0 Å². The zero-order valence-corrected chi connectivity index (χ0v) is 11.9. The van der Waals surface area contributed by atoms with Gasteiger partial charge in [-0.05, 0) is 0 Å². The Labute approximate surface area is 123 Å². The van der Waals surface area contributed by atoms with Crippen LogP contribution in [-0.4, -0.2) is 44.7 Å². The number of aromatic nitrogens is 4. The lowest BCUT2D eigenvalue weighted by atomic mass is 10.4. The average molecular weight is 315 g/mol. The second-order valence-electron chi connectivity index (χ2n) is 4.53. The highest BCUT2D eigenvalue weighted by atomic mass is 19.4. The second-order valence-corrected chi connectivity index (χ2v) is 4.53. The maximum Gasteiger partial charge on any atom is 0.435 e. The van der Waals surface area contributed by atoms with Crippen LogP contribution in [0.2, 0.25) is 0 Å². The predicted molar refractivity (Wildman–Crippen MR) is 68.3 cm³/mol. The van der Waals surface area contributed by atoms with E-state index in [1.807, 2.05) is 0 Å². The molecule has 22 heavy (non-hydrogen) atoms. The number of rotatable bonds is 3. The van der Waals surface area contributed by atoms with Gasteiger partial charge in [-0.3, -0.25) is 9.78 Å². The van der Waals surface area contributed by atoms with Crippen LogP contribution in [0.25, 0.3) is 0 Å². The second kappa shape index (κ2) is 5.62. The molecule has 0 aliphatic heterocycles. The first-order valence-corrected chi connectivity index (χ1v) is 6.01. The van der Waals surface area contributed by atoms with Crippen LogP contribution in [0.4, 0.5) is 13.2 Å². The van der Waals surface area contributed by atoms with Gasteiger partial charge < -0.3 is 9.64 Å². The minimum atomic E-state index is -4.58. The smallest absolute Gasteiger partial charge is 0.419 e. The Morgan fingerprint density at radius 2 is 2.00 bits per heavy atom. The molecule has 0 aromatic carbocycles. The van der Waals surface area contributed by atoms with Crippen LogP contribution in [0.1, 0.15) is 16.2 Å². The Kier molecular flexibility index (Phi) is 4.02. The zero-order chi connectivity index (χ0) is 16.5. The molecule has 0 spiro atoms. The summed E-state index contributed by atoms with van der Waals surface area (Å²) in [5, 5.41) is 3.31. The molecule has 0 unspecified atom stereocenters. The average Bonchev–Trinajstić information content (AvgIpc) is 2.79. The molecule has 0 fully saturated rings. The summed E-state index contributed by atoms with van der Waals surface area (Å²) in [5.74, 6) is -0.681. The molecule has 2 aromatic heterocycles. The van der Waals surface area contributed by atoms with E-state index in [-0.39, 0.29) is 17.5 Å². The van der Waals surface area contributed by atoms with Crippen molar-refractivity contribution < 1.29 is 22.7 Å². The number of ether oxygens (including phenoxy) is 1. The van der Waals surface area contributed by atoms with Crippen LogP contribution < -0.4 is 4.74 Å². The van der Waals surface area contributed by atoms with Crippen molar-refractivity contribution in [2.24, 2.45) is 7.05 Å². The summed E-state index contributed by atoms with van der Waals surface area (Å²) in [7, 11) is 4.37. The van der Waals surface area contributed by atoms with Gasteiger partial charge in [0.15, 0.2) is 11.4 Å². The topological polar surface area (TPSA) is 73.1 Å². The van der Waals surface area contributed by atoms with Crippen molar-refractivity contribution in [2.45, 2.75) is 6.18 Å². The van der Waals surface area contributed by atoms with E-state index < -0.39 is 17.8 Å². The van der Waals surface area contributed by atoms with Crippen molar-refractivity contribution >= 4 is 5.91 Å². The molecule has 0 saturated heterocycles. The third kappa shape index (κ3) is 3.32. The molecule has 1 amide bonds. The summed E-state index contributed by atoms with van der Waals surface area (Å²) in [6.45, 7) is 0. The molecule has 2 rings (SSSR count). The Balaban J connectivity index is 2.27. The van der Waals surface area contributed by atoms with Crippen LogP contribution in [0, 0.1) is 0 Å². The summed E-state index contributed by atoms with van der Waals surface area (Å²) >= 11 is 0. The lowest BCUT2D eigenvalue weighted by molar-refractivity contribution is -0.141. The fourth-order valence-corrected chi connectivity index (χ4v) is 1.52. The van der Waals surface area contributed by atoms with E-state index in [4.69, 9.17) is 4.74 Å². The number of alkyl halides is 3. The van der Waals surface area contributed by atoms with Gasteiger partial charge in [-0.15, -0.1) is 0 Å². The fraction of sp³-hybridized carbons (Fsp3) is 0.333. The van der Waals surface area contributed by atoms with Gasteiger partial charge in [0.05, 0.1) is 12.4 Å². The minimum Gasteiger partial charge on any atom is -0.419 e. The fourth-order valence-electron chi connectivity index (χ4n) is 1.52. The molecule has 0 atom stereocenters. The number of nitrogens with zero attached hydrogens (tertiary/aromatic N) is 5. The number of amides is 1. The maximum atomic E-state index is 12.6. The van der Waals surface area contributed by atoms with Gasteiger partial charge in [-0.25, -0.2) is 9.67 Å². The lowest BCUT2D eigenvalue weighted by Gasteiger charge is -2.10. The third-order valence-corrected chi connectivity index (χ3v) is 2.57. The first-order valence-electron chi connectivity index (χ1n) is 6.01. The molecule has 7 nitrogen and oxygen atoms in total. The van der Waals surface area contributed by atoms with E-state index >= 15 is 0 Å². The Morgan fingerprint density at radius 3 is 2.55 bits per heavy atom. The molecule has 2 heterocycles. The number of halogens is 3. The molecule has 0 bridgehead atoms. The SMILES string of the molecule is CN(C)C(=O)c1cncc(Oc2cc(C(F)(F)F)nn2C)n1. The highest BCUT2D eigenvalue weighted by molar-refractivity contribution is 5.91. The molecule has 0 N–H and O–H groups in total. The number of carbonyl (C=O) groups excluding carboxylic acids is 1. The number of hydrogen-bond donors (Lipinski definition) is 0. The molecular weight excluding hydrogens is 303 g/mol. The van der Waals surface area contributed by atoms with Crippen molar-refractivity contribution in [3.05, 3.63) is 29.8 Å². The number of hydrogen-bond acceptors (Lipinski definition) is 5. The highest BCUT2D eigenvalue weighted by Crippen LogP contribution is 2.31. The first kappa shape index (κ1) is 15.7. The first-order chi connectivity index (χ1) is 10.2. The quantitative estimate of drug-likeness (QED) is 0.862. The van der Waals surface area contributed by atoms with Crippen LogP contribution in [0.3, 0.4) is 0 Å². The van der Waals surface area contributed by atoms with E-state index in [0.717, 1.165) is 10.7 Å². The largest absolute Gasteiger partial charge is 0.435 e. The summed E-state index contributed by atoms with van der Waals surface area (Å²) in [5.41, 5.74) is -1.07. The highest BCUT2D eigenvalue weighted by Gasteiger charge is 2.35. The minimum absolute atomic E-state index is 0.0145. The molecular formula is C12H12F3N5O2. The van der Waals surface area contributed by atoms with E-state index in [0.29, 0.717) is 0 Å². The van der Waals surface area contributed by atoms with Gasteiger partial charge >= 0.3 is 6.18 Å². The summed E-state index contributed by atoms with van der Waals surface area (Å²) in [6, 6.07) is 0.738. The van der Waals surface area contributed by atoms with Crippen molar-refractivity contribution in [3.8, 4) is 11.8 Å².